The van der Waals surface area contributed by atoms with Gasteiger partial charge in [-0.3, -0.25) is 4.98 Å². The number of hydrogen-bond donors (Lipinski definition) is 3. The maximum absolute atomic E-state index is 10.9. The van der Waals surface area contributed by atoms with Crippen molar-refractivity contribution in [2.45, 2.75) is 0 Å². The number of nitrogens with zero attached hydrogens (tertiary/aromatic N) is 1. The topological polar surface area (TPSA) is 99.5 Å². The second kappa shape index (κ2) is 7.13. The Bertz CT molecular complexity index is 790. The number of aromatic nitrogens is 1. The Balaban J connectivity index is 2.46. The Labute approximate surface area is 141 Å². The van der Waals surface area contributed by atoms with E-state index >= 15 is 0 Å². The molecule has 1 heterocycles. The molecule has 0 aliphatic heterocycles. The van der Waals surface area contributed by atoms with Gasteiger partial charge in [0.25, 0.3) is 0 Å². The minimum atomic E-state index is -1.56. The molecule has 0 aliphatic carbocycles. The molecule has 0 saturated carbocycles. The van der Waals surface area contributed by atoms with Crippen molar-refractivity contribution < 1.29 is 19.8 Å². The number of hydrogen-bond acceptors (Lipinski definition) is 4. The Morgan fingerprint density at radius 2 is 1.78 bits per heavy atom. The Morgan fingerprint density at radius 3 is 2.43 bits per heavy atom. The summed E-state index contributed by atoms with van der Waals surface area (Å²) in [6, 6.07) is 6.72. The highest BCUT2D eigenvalue weighted by Gasteiger charge is 2.16. The largest absolute Gasteiger partial charge is 0.477 e. The molecule has 23 heavy (non-hydrogen) atoms. The maximum Gasteiger partial charge on any atom is 0.344 e. The molecule has 2 aromatic rings. The lowest BCUT2D eigenvalue weighted by molar-refractivity contribution is -0.140. The second-order valence-corrected chi connectivity index (χ2v) is 5.12. The first-order valence-electron chi connectivity index (χ1n) is 6.23. The number of nitrogens with one attached hydrogen (secondary N) is 1. The summed E-state index contributed by atoms with van der Waals surface area (Å²) >= 11 is 12.2. The number of anilines is 1. The second-order valence-electron chi connectivity index (χ2n) is 4.34. The lowest BCUT2D eigenvalue weighted by Gasteiger charge is -2.11. The predicted octanol–water partition coefficient (Wildman–Crippen LogP) is 3.52. The highest BCUT2D eigenvalue weighted by atomic mass is 35.5. The van der Waals surface area contributed by atoms with E-state index in [9.17, 15) is 9.59 Å². The van der Waals surface area contributed by atoms with Crippen LogP contribution in [0.4, 0.5) is 5.69 Å². The minimum absolute atomic E-state index is 0.323. The van der Waals surface area contributed by atoms with Crippen LogP contribution in [0, 0.1) is 0 Å². The first-order valence-corrected chi connectivity index (χ1v) is 6.99. The van der Waals surface area contributed by atoms with Gasteiger partial charge in [-0.25, -0.2) is 9.59 Å². The van der Waals surface area contributed by atoms with Gasteiger partial charge in [0.15, 0.2) is 5.57 Å². The van der Waals surface area contributed by atoms with Crippen LogP contribution in [-0.4, -0.2) is 27.1 Å². The number of halogens is 2. The maximum atomic E-state index is 10.9. The highest BCUT2D eigenvalue weighted by Crippen LogP contribution is 2.36. The predicted molar refractivity (Wildman–Crippen MR) is 86.7 cm³/mol. The summed E-state index contributed by atoms with van der Waals surface area (Å²) in [5.41, 5.74) is 0.775. The Morgan fingerprint density at radius 1 is 1.09 bits per heavy atom. The molecule has 0 spiro atoms. The lowest BCUT2D eigenvalue weighted by Crippen LogP contribution is -2.13. The summed E-state index contributed by atoms with van der Waals surface area (Å²) in [6.45, 7) is 0. The molecule has 118 valence electrons. The normalized spacial score (nSPS) is 10.0. The molecule has 1 aromatic heterocycles. The van der Waals surface area contributed by atoms with Gasteiger partial charge in [0.1, 0.15) is 0 Å². The smallest absolute Gasteiger partial charge is 0.344 e. The van der Waals surface area contributed by atoms with Crippen LogP contribution in [0.25, 0.3) is 11.1 Å². The molecule has 0 aliphatic rings. The SMILES string of the molecule is O=C(O)C(=CNc1cnccc1-c1cccc(Cl)c1Cl)C(=O)O. The van der Waals surface area contributed by atoms with Crippen molar-refractivity contribution in [2.75, 3.05) is 5.32 Å². The van der Waals surface area contributed by atoms with E-state index in [4.69, 9.17) is 33.4 Å². The molecule has 6 nitrogen and oxygen atoms in total. The van der Waals surface area contributed by atoms with Crippen LogP contribution in [0.1, 0.15) is 0 Å². The van der Waals surface area contributed by atoms with Crippen molar-refractivity contribution in [3.05, 3.63) is 58.5 Å². The van der Waals surface area contributed by atoms with E-state index in [-0.39, 0.29) is 0 Å². The van der Waals surface area contributed by atoms with Crippen molar-refractivity contribution in [1.82, 2.24) is 4.98 Å². The number of carboxylic acids is 2. The van der Waals surface area contributed by atoms with Crippen molar-refractivity contribution in [3.63, 3.8) is 0 Å². The summed E-state index contributed by atoms with van der Waals surface area (Å²) in [6.07, 6.45) is 3.82. The van der Waals surface area contributed by atoms with Crippen molar-refractivity contribution in [2.24, 2.45) is 0 Å². The molecule has 0 amide bonds. The van der Waals surface area contributed by atoms with Gasteiger partial charge in [0.2, 0.25) is 0 Å². The summed E-state index contributed by atoms with van der Waals surface area (Å²) < 4.78 is 0. The molecule has 3 N–H and O–H groups in total. The first kappa shape index (κ1) is 16.8. The number of carbonyl (C=O) groups is 2. The molecular weight excluding hydrogens is 343 g/mol. The highest BCUT2D eigenvalue weighted by molar-refractivity contribution is 6.43. The zero-order chi connectivity index (χ0) is 17.0. The fourth-order valence-corrected chi connectivity index (χ4v) is 2.22. The van der Waals surface area contributed by atoms with Crippen LogP contribution in [-0.2, 0) is 9.59 Å². The molecule has 1 aromatic carbocycles. The molecule has 0 fully saturated rings. The van der Waals surface area contributed by atoms with Gasteiger partial charge in [0, 0.05) is 23.5 Å². The lowest BCUT2D eigenvalue weighted by atomic mass is 10.1. The number of aliphatic carboxylic acids is 2. The van der Waals surface area contributed by atoms with Crippen LogP contribution in [0.15, 0.2) is 48.4 Å². The Kier molecular flexibility index (Phi) is 5.20. The first-order chi connectivity index (χ1) is 10.9. The molecule has 0 radical (unpaired) electrons. The monoisotopic (exact) mass is 352 g/mol. The van der Waals surface area contributed by atoms with Crippen molar-refractivity contribution >= 4 is 40.8 Å². The van der Waals surface area contributed by atoms with Gasteiger partial charge < -0.3 is 15.5 Å². The van der Waals surface area contributed by atoms with E-state index in [1.54, 1.807) is 24.3 Å². The van der Waals surface area contributed by atoms with Crippen LogP contribution in [0.5, 0.6) is 0 Å². The fraction of sp³-hybridized carbons (Fsp3) is 0. The quantitative estimate of drug-likeness (QED) is 0.432. The zero-order valence-electron chi connectivity index (χ0n) is 11.5. The third-order valence-corrected chi connectivity index (χ3v) is 3.71. The van der Waals surface area contributed by atoms with Crippen molar-refractivity contribution in [1.29, 1.82) is 0 Å². The van der Waals surface area contributed by atoms with Crippen LogP contribution in [0.3, 0.4) is 0 Å². The molecule has 8 heteroatoms. The molecular formula is C15H10Cl2N2O4. The average Bonchev–Trinajstić information content (AvgIpc) is 2.50. The zero-order valence-corrected chi connectivity index (χ0v) is 13.0. The molecule has 0 atom stereocenters. The van der Waals surface area contributed by atoms with Gasteiger partial charge >= 0.3 is 11.9 Å². The summed E-state index contributed by atoms with van der Waals surface area (Å²) in [7, 11) is 0. The van der Waals surface area contributed by atoms with E-state index in [2.05, 4.69) is 10.3 Å². The fourth-order valence-electron chi connectivity index (χ4n) is 1.82. The van der Waals surface area contributed by atoms with Crippen LogP contribution >= 0.6 is 23.2 Å². The molecule has 2 rings (SSSR count). The van der Waals surface area contributed by atoms with E-state index in [0.717, 1.165) is 6.20 Å². The van der Waals surface area contributed by atoms with Crippen molar-refractivity contribution in [3.8, 4) is 11.1 Å². The minimum Gasteiger partial charge on any atom is -0.477 e. The van der Waals surface area contributed by atoms with Gasteiger partial charge in [-0.15, -0.1) is 0 Å². The summed E-state index contributed by atoms with van der Waals surface area (Å²) in [5.74, 6) is -3.12. The van der Waals surface area contributed by atoms with Crippen LogP contribution < -0.4 is 5.32 Å². The van der Waals surface area contributed by atoms with E-state index in [0.29, 0.717) is 26.9 Å². The van der Waals surface area contributed by atoms with Gasteiger partial charge in [-0.1, -0.05) is 35.3 Å². The third-order valence-electron chi connectivity index (χ3n) is 2.90. The summed E-state index contributed by atoms with van der Waals surface area (Å²) in [5, 5.41) is 21.0. The number of carboxylic acid groups (broad SMARTS) is 2. The molecule has 0 saturated heterocycles. The molecule has 0 bridgehead atoms. The molecule has 0 unspecified atom stereocenters. The number of benzene rings is 1. The van der Waals surface area contributed by atoms with E-state index < -0.39 is 17.5 Å². The summed E-state index contributed by atoms with van der Waals surface area (Å²) in [4.78, 5) is 25.7. The van der Waals surface area contributed by atoms with Crippen LogP contribution in [0.2, 0.25) is 10.0 Å². The van der Waals surface area contributed by atoms with Gasteiger partial charge in [-0.2, -0.15) is 0 Å². The standard InChI is InChI=1S/C15H10Cl2N2O4/c16-11-3-1-2-9(13(11)17)8-4-5-18-7-12(8)19-6-10(14(20)21)15(22)23/h1-7,19H,(H,20,21)(H,22,23). The third kappa shape index (κ3) is 3.80. The van der Waals surface area contributed by atoms with E-state index in [1.807, 2.05) is 0 Å². The Hall–Kier alpha value is -2.57. The number of pyridine rings is 1. The van der Waals surface area contributed by atoms with Gasteiger partial charge in [-0.05, 0) is 12.1 Å². The van der Waals surface area contributed by atoms with Gasteiger partial charge in [0.05, 0.1) is 21.9 Å². The average molecular weight is 353 g/mol. The number of rotatable bonds is 5. The van der Waals surface area contributed by atoms with E-state index in [1.165, 1.54) is 12.4 Å².